The second kappa shape index (κ2) is 8.49. The minimum atomic E-state index is -0.219. The Morgan fingerprint density at radius 3 is 2.68 bits per heavy atom. The van der Waals surface area contributed by atoms with E-state index in [-0.39, 0.29) is 17.7 Å². The number of anilines is 2. The van der Waals surface area contributed by atoms with Crippen LogP contribution in [-0.4, -0.2) is 53.9 Å². The van der Waals surface area contributed by atoms with E-state index < -0.39 is 0 Å². The van der Waals surface area contributed by atoms with Crippen molar-refractivity contribution in [3.8, 4) is 0 Å². The first-order valence-corrected chi connectivity index (χ1v) is 11.8. The normalized spacial score (nSPS) is 23.1. The molecule has 3 aliphatic rings. The molecular weight excluding hydrogens is 392 g/mol. The Labute approximate surface area is 186 Å². The Morgan fingerprint density at radius 2 is 2.03 bits per heavy atom. The fourth-order valence-electron chi connectivity index (χ4n) is 4.81. The van der Waals surface area contributed by atoms with Crippen LogP contribution in [0.5, 0.6) is 0 Å². The van der Waals surface area contributed by atoms with E-state index in [1.165, 1.54) is 29.7 Å². The molecule has 1 saturated carbocycles. The maximum atomic E-state index is 12.6. The average Bonchev–Trinajstić information content (AvgIpc) is 3.57. The number of piperazine rings is 1. The highest BCUT2D eigenvalue weighted by molar-refractivity contribution is 5.72. The van der Waals surface area contributed by atoms with Gasteiger partial charge in [0.25, 0.3) is 0 Å². The fourth-order valence-corrected chi connectivity index (χ4v) is 4.81. The molecule has 2 aliphatic heterocycles. The molecule has 1 aromatic rings. The number of aromatic nitrogens is 1. The molecule has 7 heteroatoms. The molecule has 4 rings (SSSR count). The fraction of sp³-hybridized carbons (Fsp3) is 0.750. The van der Waals surface area contributed by atoms with Crippen molar-refractivity contribution in [2.24, 2.45) is 5.92 Å². The van der Waals surface area contributed by atoms with Crippen LogP contribution in [0.4, 0.5) is 16.3 Å². The van der Waals surface area contributed by atoms with E-state index in [2.05, 4.69) is 32.6 Å². The van der Waals surface area contributed by atoms with Crippen molar-refractivity contribution in [2.45, 2.75) is 84.5 Å². The molecule has 1 atom stereocenters. The van der Waals surface area contributed by atoms with Gasteiger partial charge in [-0.25, -0.2) is 9.78 Å². The third kappa shape index (κ3) is 4.47. The predicted molar refractivity (Wildman–Crippen MR) is 122 cm³/mol. The minimum Gasteiger partial charge on any atom is -0.449 e. The zero-order valence-corrected chi connectivity index (χ0v) is 19.7. The van der Waals surface area contributed by atoms with E-state index in [0.29, 0.717) is 38.1 Å². The maximum Gasteiger partial charge on any atom is 0.410 e. The molecular formula is C24H38N4O3. The van der Waals surface area contributed by atoms with Crippen molar-refractivity contribution in [1.82, 2.24) is 9.88 Å². The molecule has 31 heavy (non-hydrogen) atoms. The van der Waals surface area contributed by atoms with E-state index in [0.717, 1.165) is 30.9 Å². The van der Waals surface area contributed by atoms with Gasteiger partial charge in [-0.15, -0.1) is 0 Å². The molecule has 1 aliphatic carbocycles. The van der Waals surface area contributed by atoms with Crippen LogP contribution in [0, 0.1) is 5.92 Å². The topological polar surface area (TPSA) is 80.9 Å². The average molecular weight is 431 g/mol. The highest BCUT2D eigenvalue weighted by Gasteiger charge is 2.39. The van der Waals surface area contributed by atoms with Crippen molar-refractivity contribution in [3.05, 3.63) is 16.8 Å². The lowest BCUT2D eigenvalue weighted by Gasteiger charge is -2.44. The number of carbonyl (C=O) groups excluding carboxylic acids is 1. The van der Waals surface area contributed by atoms with Crippen LogP contribution < -0.4 is 10.6 Å². The lowest BCUT2D eigenvalue weighted by Crippen LogP contribution is -2.57. The van der Waals surface area contributed by atoms with Crippen LogP contribution in [0.2, 0.25) is 0 Å². The van der Waals surface area contributed by atoms with E-state index in [9.17, 15) is 4.79 Å². The molecule has 0 bridgehead atoms. The highest BCUT2D eigenvalue weighted by Crippen LogP contribution is 2.46. The van der Waals surface area contributed by atoms with Gasteiger partial charge in [0.2, 0.25) is 0 Å². The van der Waals surface area contributed by atoms with Crippen LogP contribution in [0.25, 0.3) is 0 Å². The zero-order valence-electron chi connectivity index (χ0n) is 19.7. The summed E-state index contributed by atoms with van der Waals surface area (Å²) in [6.45, 7) is 13.7. The zero-order chi connectivity index (χ0) is 22.3. The third-order valence-electron chi connectivity index (χ3n) is 6.79. The van der Waals surface area contributed by atoms with Crippen LogP contribution in [0.15, 0.2) is 0 Å². The highest BCUT2D eigenvalue weighted by atomic mass is 16.6. The molecule has 0 radical (unpaired) electrons. The lowest BCUT2D eigenvalue weighted by atomic mass is 9.89. The number of rotatable bonds is 5. The van der Waals surface area contributed by atoms with Crippen LogP contribution in [0.1, 0.15) is 76.6 Å². The molecule has 0 spiro atoms. The van der Waals surface area contributed by atoms with Gasteiger partial charge in [-0.3, -0.25) is 0 Å². The van der Waals surface area contributed by atoms with Gasteiger partial charge in [0.05, 0.1) is 36.2 Å². The van der Waals surface area contributed by atoms with Crippen molar-refractivity contribution < 1.29 is 14.3 Å². The monoisotopic (exact) mass is 430 g/mol. The minimum absolute atomic E-state index is 0.0690. The summed E-state index contributed by atoms with van der Waals surface area (Å²) in [6.07, 6.45) is 3.82. The second-order valence-corrected chi connectivity index (χ2v) is 10.3. The Morgan fingerprint density at radius 1 is 1.29 bits per heavy atom. The number of nitrogens with two attached hydrogens (primary N) is 1. The lowest BCUT2D eigenvalue weighted by molar-refractivity contribution is -0.0404. The number of carbonyl (C=O) groups is 1. The SMILES string of the molecule is CCCOC(=O)N1CCN(c2nc(C3CC3)c3c(c2N)CC(C)(C)OC3)C[C@H]1C(C)C. The van der Waals surface area contributed by atoms with Gasteiger partial charge >= 0.3 is 6.09 Å². The first kappa shape index (κ1) is 22.2. The van der Waals surface area contributed by atoms with Gasteiger partial charge in [-0.05, 0) is 44.6 Å². The van der Waals surface area contributed by atoms with Crippen LogP contribution in [-0.2, 0) is 22.5 Å². The molecule has 3 heterocycles. The van der Waals surface area contributed by atoms with E-state index in [1.807, 2.05) is 11.8 Å². The van der Waals surface area contributed by atoms with Gasteiger partial charge < -0.3 is 25.0 Å². The molecule has 0 unspecified atom stereocenters. The summed E-state index contributed by atoms with van der Waals surface area (Å²) < 4.78 is 11.6. The van der Waals surface area contributed by atoms with Crippen LogP contribution >= 0.6 is 0 Å². The molecule has 172 valence electrons. The quantitative estimate of drug-likeness (QED) is 0.758. The van der Waals surface area contributed by atoms with Gasteiger partial charge in [-0.1, -0.05) is 20.8 Å². The summed E-state index contributed by atoms with van der Waals surface area (Å²) in [5, 5.41) is 0. The number of hydrogen-bond donors (Lipinski definition) is 1. The van der Waals surface area contributed by atoms with Crippen molar-refractivity contribution in [1.29, 1.82) is 0 Å². The number of nitrogen functional groups attached to an aromatic ring is 1. The number of pyridine rings is 1. The van der Waals surface area contributed by atoms with Gasteiger partial charge in [-0.2, -0.15) is 0 Å². The summed E-state index contributed by atoms with van der Waals surface area (Å²) in [6, 6.07) is 0.0690. The van der Waals surface area contributed by atoms with E-state index >= 15 is 0 Å². The molecule has 1 saturated heterocycles. The Bertz CT molecular complexity index is 835. The smallest absolute Gasteiger partial charge is 0.410 e. The van der Waals surface area contributed by atoms with Crippen molar-refractivity contribution >= 4 is 17.6 Å². The number of ether oxygens (including phenoxy) is 2. The Balaban J connectivity index is 1.64. The first-order chi connectivity index (χ1) is 14.7. The second-order valence-electron chi connectivity index (χ2n) is 10.3. The van der Waals surface area contributed by atoms with E-state index in [1.54, 1.807) is 0 Å². The first-order valence-electron chi connectivity index (χ1n) is 11.8. The standard InChI is InChI=1S/C24H38N4O3/c1-6-11-30-23(29)28-10-9-27(13-19(28)15(2)3)22-20(25)17-12-24(4,5)31-14-18(17)21(26-22)16-7-8-16/h15-16,19H,6-14,25H2,1-5H3/t19-/m0/s1. The molecule has 0 aromatic carbocycles. The summed E-state index contributed by atoms with van der Waals surface area (Å²) in [5.74, 6) is 1.74. The van der Waals surface area contributed by atoms with Crippen molar-refractivity contribution in [3.63, 3.8) is 0 Å². The van der Waals surface area contributed by atoms with Gasteiger partial charge in [0, 0.05) is 37.5 Å². The summed E-state index contributed by atoms with van der Waals surface area (Å²) in [7, 11) is 0. The molecule has 7 nitrogen and oxygen atoms in total. The largest absolute Gasteiger partial charge is 0.449 e. The van der Waals surface area contributed by atoms with Crippen molar-refractivity contribution in [2.75, 3.05) is 36.9 Å². The van der Waals surface area contributed by atoms with Crippen LogP contribution in [0.3, 0.4) is 0 Å². The summed E-state index contributed by atoms with van der Waals surface area (Å²) in [4.78, 5) is 21.9. The molecule has 2 fully saturated rings. The molecule has 2 N–H and O–H groups in total. The summed E-state index contributed by atoms with van der Waals surface area (Å²) in [5.41, 5.74) is 10.9. The molecule has 1 amide bonds. The Hall–Kier alpha value is -2.02. The summed E-state index contributed by atoms with van der Waals surface area (Å²) >= 11 is 0. The number of hydrogen-bond acceptors (Lipinski definition) is 6. The molecule has 1 aromatic heterocycles. The Kier molecular flexibility index (Phi) is 6.08. The maximum absolute atomic E-state index is 12.6. The van der Waals surface area contributed by atoms with Gasteiger partial charge in [0.1, 0.15) is 0 Å². The number of nitrogens with zero attached hydrogens (tertiary/aromatic N) is 3. The third-order valence-corrected chi connectivity index (χ3v) is 6.79. The predicted octanol–water partition coefficient (Wildman–Crippen LogP) is 4.09. The van der Waals surface area contributed by atoms with E-state index in [4.69, 9.17) is 20.2 Å². The number of fused-ring (bicyclic) bond motifs is 1. The number of amides is 1. The van der Waals surface area contributed by atoms with Gasteiger partial charge in [0.15, 0.2) is 5.82 Å².